The number of likely N-dealkylation sites (tertiary alicyclic amines) is 1. The third-order valence-corrected chi connectivity index (χ3v) is 4.71. The maximum Gasteiger partial charge on any atom is 0.255 e. The summed E-state index contributed by atoms with van der Waals surface area (Å²) in [6, 6.07) is 14.7. The first-order valence-electron chi connectivity index (χ1n) is 8.79. The number of rotatable bonds is 6. The van der Waals surface area contributed by atoms with Gasteiger partial charge in [0, 0.05) is 24.3 Å². The summed E-state index contributed by atoms with van der Waals surface area (Å²) in [6.07, 6.45) is 1.79. The quantitative estimate of drug-likeness (QED) is 0.738. The predicted octanol–water partition coefficient (Wildman–Crippen LogP) is 1.85. The van der Waals surface area contributed by atoms with Gasteiger partial charge in [-0.05, 0) is 54.8 Å². The van der Waals surface area contributed by atoms with Crippen LogP contribution in [0.1, 0.15) is 34.3 Å². The lowest BCUT2D eigenvalue weighted by Crippen LogP contribution is -2.39. The van der Waals surface area contributed by atoms with E-state index in [4.69, 9.17) is 11.5 Å². The Kier molecular flexibility index (Phi) is 5.65. The Balaban J connectivity index is 1.66. The monoisotopic (exact) mass is 352 g/mol. The van der Waals surface area contributed by atoms with Gasteiger partial charge in [0.15, 0.2) is 0 Å². The van der Waals surface area contributed by atoms with Crippen LogP contribution in [0, 0.1) is 0 Å². The largest absolute Gasteiger partial charge is 0.368 e. The second kappa shape index (κ2) is 8.12. The lowest BCUT2D eigenvalue weighted by atomic mass is 10.1. The molecule has 2 amide bonds. The van der Waals surface area contributed by atoms with Crippen molar-refractivity contribution in [3.63, 3.8) is 0 Å². The van der Waals surface area contributed by atoms with Gasteiger partial charge in [-0.25, -0.2) is 0 Å². The molecule has 0 saturated carbocycles. The van der Waals surface area contributed by atoms with Crippen molar-refractivity contribution >= 4 is 17.5 Å². The van der Waals surface area contributed by atoms with Gasteiger partial charge in [-0.3, -0.25) is 14.5 Å². The molecular formula is C20H24N4O2. The van der Waals surface area contributed by atoms with E-state index in [1.165, 1.54) is 0 Å². The molecule has 1 aliphatic heterocycles. The topological polar surface area (TPSA) is 101 Å². The zero-order chi connectivity index (χ0) is 18.5. The molecule has 0 bridgehead atoms. The first-order valence-corrected chi connectivity index (χ1v) is 8.79. The lowest BCUT2D eigenvalue weighted by molar-refractivity contribution is -0.122. The number of carbonyl (C=O) groups excluding carboxylic acids is 2. The Hall–Kier alpha value is -2.70. The van der Waals surface area contributed by atoms with Gasteiger partial charge < -0.3 is 16.8 Å². The average molecular weight is 352 g/mol. The molecule has 0 aromatic heterocycles. The fourth-order valence-corrected chi connectivity index (χ4v) is 3.32. The molecule has 1 heterocycles. The van der Waals surface area contributed by atoms with Gasteiger partial charge in [-0.2, -0.15) is 0 Å². The molecule has 5 N–H and O–H groups in total. The van der Waals surface area contributed by atoms with Crippen LogP contribution in [-0.4, -0.2) is 29.3 Å². The molecule has 1 aliphatic rings. The number of hydrogen-bond acceptors (Lipinski definition) is 4. The highest BCUT2D eigenvalue weighted by Gasteiger charge is 2.28. The van der Waals surface area contributed by atoms with Crippen LogP contribution in [0.3, 0.4) is 0 Å². The second-order valence-electron chi connectivity index (χ2n) is 6.59. The van der Waals surface area contributed by atoms with E-state index in [1.807, 2.05) is 36.4 Å². The molecule has 0 radical (unpaired) electrons. The van der Waals surface area contributed by atoms with Crippen molar-refractivity contribution in [2.24, 2.45) is 11.5 Å². The molecule has 26 heavy (non-hydrogen) atoms. The maximum atomic E-state index is 12.4. The summed E-state index contributed by atoms with van der Waals surface area (Å²) in [7, 11) is 0. The molecule has 0 aliphatic carbocycles. The standard InChI is InChI=1S/C20H24N4O2/c21-12-14-6-8-16(9-7-14)20(26)23-17-4-1-3-15(11-17)13-24-10-2-5-18(24)19(22)25/h1,3-4,6-9,11,18H,2,5,10,12-13,21H2,(H2,22,25)(H,23,26). The number of amides is 2. The number of anilines is 1. The second-order valence-corrected chi connectivity index (χ2v) is 6.59. The van der Waals surface area contributed by atoms with E-state index in [1.54, 1.807) is 12.1 Å². The molecular weight excluding hydrogens is 328 g/mol. The number of nitrogens with two attached hydrogens (primary N) is 2. The molecule has 3 rings (SSSR count). The summed E-state index contributed by atoms with van der Waals surface area (Å²) in [4.78, 5) is 26.0. The van der Waals surface area contributed by atoms with E-state index in [-0.39, 0.29) is 17.9 Å². The van der Waals surface area contributed by atoms with Gasteiger partial charge in [-0.15, -0.1) is 0 Å². The van der Waals surface area contributed by atoms with Crippen molar-refractivity contribution in [2.75, 3.05) is 11.9 Å². The first kappa shape index (κ1) is 18.1. The molecule has 6 heteroatoms. The smallest absolute Gasteiger partial charge is 0.255 e. The van der Waals surface area contributed by atoms with Crippen molar-refractivity contribution in [1.29, 1.82) is 0 Å². The van der Waals surface area contributed by atoms with Crippen LogP contribution in [0.25, 0.3) is 0 Å². The van der Waals surface area contributed by atoms with Gasteiger partial charge in [0.25, 0.3) is 5.91 Å². The fourth-order valence-electron chi connectivity index (χ4n) is 3.32. The van der Waals surface area contributed by atoms with Crippen LogP contribution in [0.5, 0.6) is 0 Å². The predicted molar refractivity (Wildman–Crippen MR) is 101 cm³/mol. The zero-order valence-corrected chi connectivity index (χ0v) is 14.7. The number of nitrogens with zero attached hydrogens (tertiary/aromatic N) is 1. The minimum Gasteiger partial charge on any atom is -0.368 e. The van der Waals surface area contributed by atoms with Crippen LogP contribution in [-0.2, 0) is 17.9 Å². The highest BCUT2D eigenvalue weighted by molar-refractivity contribution is 6.04. The summed E-state index contributed by atoms with van der Waals surface area (Å²) >= 11 is 0. The van der Waals surface area contributed by atoms with Crippen LogP contribution in [0.4, 0.5) is 5.69 Å². The van der Waals surface area contributed by atoms with Crippen molar-refractivity contribution in [2.45, 2.75) is 32.0 Å². The number of nitrogens with one attached hydrogen (secondary N) is 1. The Labute approximate surface area is 153 Å². The molecule has 2 aromatic rings. The molecule has 6 nitrogen and oxygen atoms in total. The van der Waals surface area contributed by atoms with E-state index in [2.05, 4.69) is 10.2 Å². The number of carbonyl (C=O) groups is 2. The summed E-state index contributed by atoms with van der Waals surface area (Å²) < 4.78 is 0. The lowest BCUT2D eigenvalue weighted by Gasteiger charge is -2.22. The SMILES string of the molecule is NCc1ccc(C(=O)Nc2cccc(CN3CCCC3C(N)=O)c2)cc1. The van der Waals surface area contributed by atoms with Crippen molar-refractivity contribution in [1.82, 2.24) is 4.90 Å². The van der Waals surface area contributed by atoms with Crippen molar-refractivity contribution < 1.29 is 9.59 Å². The third kappa shape index (κ3) is 4.28. The Morgan fingerprint density at radius 2 is 1.88 bits per heavy atom. The average Bonchev–Trinajstić information content (AvgIpc) is 3.10. The molecule has 1 atom stereocenters. The Morgan fingerprint density at radius 3 is 2.58 bits per heavy atom. The van der Waals surface area contributed by atoms with Crippen molar-refractivity contribution in [3.8, 4) is 0 Å². The third-order valence-electron chi connectivity index (χ3n) is 4.71. The van der Waals surface area contributed by atoms with Gasteiger partial charge in [0.05, 0.1) is 6.04 Å². The summed E-state index contributed by atoms with van der Waals surface area (Å²) in [5.74, 6) is -0.435. The zero-order valence-electron chi connectivity index (χ0n) is 14.7. The van der Waals surface area contributed by atoms with Gasteiger partial charge in [0.1, 0.15) is 0 Å². The van der Waals surface area contributed by atoms with Gasteiger partial charge in [0.2, 0.25) is 5.91 Å². The molecule has 1 fully saturated rings. The van der Waals surface area contributed by atoms with E-state index in [9.17, 15) is 9.59 Å². The van der Waals surface area contributed by atoms with E-state index >= 15 is 0 Å². The highest BCUT2D eigenvalue weighted by atomic mass is 16.2. The summed E-state index contributed by atoms with van der Waals surface area (Å²) in [6.45, 7) is 1.95. The maximum absolute atomic E-state index is 12.4. The highest BCUT2D eigenvalue weighted by Crippen LogP contribution is 2.21. The molecule has 0 spiro atoms. The van der Waals surface area contributed by atoms with Crippen LogP contribution >= 0.6 is 0 Å². The fraction of sp³-hybridized carbons (Fsp3) is 0.300. The first-order chi connectivity index (χ1) is 12.6. The summed E-state index contributed by atoms with van der Waals surface area (Å²) in [5.41, 5.74) is 14.4. The van der Waals surface area contributed by atoms with E-state index in [0.717, 1.165) is 36.2 Å². The minimum atomic E-state index is -0.270. The number of primary amides is 1. The number of benzene rings is 2. The Morgan fingerprint density at radius 1 is 1.12 bits per heavy atom. The number of hydrogen-bond donors (Lipinski definition) is 3. The molecule has 2 aromatic carbocycles. The minimum absolute atomic E-state index is 0.165. The normalized spacial score (nSPS) is 17.2. The molecule has 1 saturated heterocycles. The van der Waals surface area contributed by atoms with Crippen LogP contribution in [0.2, 0.25) is 0 Å². The van der Waals surface area contributed by atoms with Gasteiger partial charge >= 0.3 is 0 Å². The van der Waals surface area contributed by atoms with Gasteiger partial charge in [-0.1, -0.05) is 24.3 Å². The van der Waals surface area contributed by atoms with Crippen molar-refractivity contribution in [3.05, 3.63) is 65.2 Å². The summed E-state index contributed by atoms with van der Waals surface area (Å²) in [5, 5.41) is 2.91. The van der Waals surface area contributed by atoms with Crippen LogP contribution in [0.15, 0.2) is 48.5 Å². The van der Waals surface area contributed by atoms with E-state index in [0.29, 0.717) is 18.7 Å². The molecule has 136 valence electrons. The van der Waals surface area contributed by atoms with E-state index < -0.39 is 0 Å². The Bertz CT molecular complexity index is 789. The van der Waals surface area contributed by atoms with Crippen LogP contribution < -0.4 is 16.8 Å². The molecule has 1 unspecified atom stereocenters.